The Kier molecular flexibility index (Phi) is 6.81. The molecule has 0 saturated heterocycles. The van der Waals surface area contributed by atoms with E-state index in [-0.39, 0.29) is 6.10 Å². The van der Waals surface area contributed by atoms with Crippen LogP contribution in [0.4, 0.5) is 0 Å². The first-order valence-corrected chi connectivity index (χ1v) is 6.96. The molecule has 0 aliphatic heterocycles. The smallest absolute Gasteiger partial charge is 0.153 e. The van der Waals surface area contributed by atoms with Crippen LogP contribution >= 0.6 is 11.6 Å². The first-order valence-electron chi connectivity index (χ1n) is 6.58. The Morgan fingerprint density at radius 3 is 2.78 bits per heavy atom. The van der Waals surface area contributed by atoms with Gasteiger partial charge in [0.2, 0.25) is 0 Å². The quantitative estimate of drug-likeness (QED) is 0.496. The van der Waals surface area contributed by atoms with Gasteiger partial charge < -0.3 is 4.74 Å². The zero-order chi connectivity index (χ0) is 13.4. The number of benzene rings is 1. The topological polar surface area (TPSA) is 26.3 Å². The second-order valence-electron chi connectivity index (χ2n) is 4.58. The summed E-state index contributed by atoms with van der Waals surface area (Å²) in [5.74, 6) is 0.584. The van der Waals surface area contributed by atoms with Crippen molar-refractivity contribution in [1.82, 2.24) is 0 Å². The lowest BCUT2D eigenvalue weighted by Gasteiger charge is -2.16. The summed E-state index contributed by atoms with van der Waals surface area (Å²) in [5, 5.41) is 0.591. The standard InChI is InChI=1S/C15H21ClO2/c1-3-4-5-6-7-12(2)18-15-10-14(16)9-8-13(15)11-17/h8-12H,3-7H2,1-2H3. The first kappa shape index (κ1) is 15.0. The van der Waals surface area contributed by atoms with Gasteiger partial charge in [0.05, 0.1) is 11.7 Å². The molecule has 0 amide bonds. The Labute approximate surface area is 114 Å². The third kappa shape index (κ3) is 5.09. The van der Waals surface area contributed by atoms with E-state index in [2.05, 4.69) is 6.92 Å². The van der Waals surface area contributed by atoms with Gasteiger partial charge in [-0.2, -0.15) is 0 Å². The molecule has 1 aromatic rings. The van der Waals surface area contributed by atoms with Gasteiger partial charge in [-0.25, -0.2) is 0 Å². The van der Waals surface area contributed by atoms with Crippen molar-refractivity contribution in [3.63, 3.8) is 0 Å². The molecule has 3 heteroatoms. The zero-order valence-corrected chi connectivity index (χ0v) is 11.9. The lowest BCUT2D eigenvalue weighted by molar-refractivity contribution is 0.111. The molecule has 1 atom stereocenters. The Hall–Kier alpha value is -1.02. The minimum atomic E-state index is 0.110. The van der Waals surface area contributed by atoms with Gasteiger partial charge in [0.1, 0.15) is 5.75 Å². The molecule has 0 fully saturated rings. The van der Waals surface area contributed by atoms with Gasteiger partial charge in [0.15, 0.2) is 6.29 Å². The number of hydrogen-bond acceptors (Lipinski definition) is 2. The predicted octanol–water partition coefficient (Wildman–Crippen LogP) is 4.89. The average Bonchev–Trinajstić information content (AvgIpc) is 2.35. The summed E-state index contributed by atoms with van der Waals surface area (Å²) in [4.78, 5) is 10.9. The number of carbonyl (C=O) groups excluding carboxylic acids is 1. The van der Waals surface area contributed by atoms with Crippen LogP contribution in [0.1, 0.15) is 56.3 Å². The highest BCUT2D eigenvalue weighted by Gasteiger charge is 2.08. The third-order valence-electron chi connectivity index (χ3n) is 2.89. The van der Waals surface area contributed by atoms with Crippen molar-refractivity contribution in [2.45, 2.75) is 52.1 Å². The molecule has 0 bridgehead atoms. The van der Waals surface area contributed by atoms with Crippen LogP contribution in [0.3, 0.4) is 0 Å². The van der Waals surface area contributed by atoms with Crippen LogP contribution in [0.25, 0.3) is 0 Å². The Balaban J connectivity index is 2.50. The summed E-state index contributed by atoms with van der Waals surface area (Å²) < 4.78 is 5.78. The van der Waals surface area contributed by atoms with Crippen LogP contribution in [0.5, 0.6) is 5.75 Å². The molecule has 1 aromatic carbocycles. The molecule has 0 heterocycles. The lowest BCUT2D eigenvalue weighted by atomic mass is 10.1. The molecule has 2 nitrogen and oxygen atoms in total. The number of carbonyl (C=O) groups is 1. The second kappa shape index (κ2) is 8.15. The van der Waals surface area contributed by atoms with Gasteiger partial charge >= 0.3 is 0 Å². The number of aldehydes is 1. The van der Waals surface area contributed by atoms with E-state index in [1.165, 1.54) is 19.3 Å². The fraction of sp³-hybridized carbons (Fsp3) is 0.533. The SMILES string of the molecule is CCCCCCC(C)Oc1cc(Cl)ccc1C=O. The molecule has 1 rings (SSSR count). The number of ether oxygens (including phenoxy) is 1. The Morgan fingerprint density at radius 2 is 2.11 bits per heavy atom. The summed E-state index contributed by atoms with van der Waals surface area (Å²) in [6.45, 7) is 4.23. The molecule has 0 aromatic heterocycles. The first-order chi connectivity index (χ1) is 8.67. The molecule has 0 spiro atoms. The lowest BCUT2D eigenvalue weighted by Crippen LogP contribution is -2.12. The van der Waals surface area contributed by atoms with Crippen molar-refractivity contribution < 1.29 is 9.53 Å². The minimum Gasteiger partial charge on any atom is -0.490 e. The van der Waals surface area contributed by atoms with Crippen LogP contribution in [0, 0.1) is 0 Å². The van der Waals surface area contributed by atoms with Crippen LogP contribution in [-0.4, -0.2) is 12.4 Å². The summed E-state index contributed by atoms with van der Waals surface area (Å²) in [6.07, 6.45) is 6.81. The van der Waals surface area contributed by atoms with Crippen molar-refractivity contribution in [3.05, 3.63) is 28.8 Å². The molecule has 0 N–H and O–H groups in total. The fourth-order valence-corrected chi connectivity index (χ4v) is 2.00. The third-order valence-corrected chi connectivity index (χ3v) is 3.13. The molecule has 0 radical (unpaired) electrons. The second-order valence-corrected chi connectivity index (χ2v) is 5.01. The molecular weight excluding hydrogens is 248 g/mol. The van der Waals surface area contributed by atoms with E-state index in [1.54, 1.807) is 18.2 Å². The Bertz CT molecular complexity index is 377. The minimum absolute atomic E-state index is 0.110. The van der Waals surface area contributed by atoms with Crippen LogP contribution < -0.4 is 4.74 Å². The molecule has 100 valence electrons. The molecule has 0 aliphatic carbocycles. The highest BCUT2D eigenvalue weighted by Crippen LogP contribution is 2.24. The van der Waals surface area contributed by atoms with E-state index in [9.17, 15) is 4.79 Å². The summed E-state index contributed by atoms with van der Waals surface area (Å²) >= 11 is 5.91. The van der Waals surface area contributed by atoms with Gasteiger partial charge in [0.25, 0.3) is 0 Å². The van der Waals surface area contributed by atoms with Crippen molar-refractivity contribution in [2.24, 2.45) is 0 Å². The van der Waals surface area contributed by atoms with Gasteiger partial charge in [0, 0.05) is 5.02 Å². The number of rotatable bonds is 8. The van der Waals surface area contributed by atoms with Crippen molar-refractivity contribution in [3.8, 4) is 5.75 Å². The summed E-state index contributed by atoms with van der Waals surface area (Å²) in [5.41, 5.74) is 0.555. The number of unbranched alkanes of at least 4 members (excludes halogenated alkanes) is 3. The molecular formula is C15H21ClO2. The van der Waals surface area contributed by atoms with E-state index in [1.807, 2.05) is 6.92 Å². The monoisotopic (exact) mass is 268 g/mol. The number of hydrogen-bond donors (Lipinski definition) is 0. The van der Waals surface area contributed by atoms with Crippen LogP contribution in [0.15, 0.2) is 18.2 Å². The Morgan fingerprint density at radius 1 is 1.33 bits per heavy atom. The maximum atomic E-state index is 10.9. The molecule has 18 heavy (non-hydrogen) atoms. The molecule has 1 unspecified atom stereocenters. The maximum absolute atomic E-state index is 10.9. The summed E-state index contributed by atoms with van der Waals surface area (Å²) in [6, 6.07) is 5.09. The fourth-order valence-electron chi connectivity index (χ4n) is 1.84. The van der Waals surface area contributed by atoms with E-state index >= 15 is 0 Å². The average molecular weight is 269 g/mol. The van der Waals surface area contributed by atoms with Gasteiger partial charge in [-0.3, -0.25) is 4.79 Å². The summed E-state index contributed by atoms with van der Waals surface area (Å²) in [7, 11) is 0. The van der Waals surface area contributed by atoms with E-state index < -0.39 is 0 Å². The maximum Gasteiger partial charge on any atom is 0.153 e. The van der Waals surface area contributed by atoms with Gasteiger partial charge in [-0.15, -0.1) is 0 Å². The highest BCUT2D eigenvalue weighted by molar-refractivity contribution is 6.30. The van der Waals surface area contributed by atoms with Crippen molar-refractivity contribution in [2.75, 3.05) is 0 Å². The number of halogens is 1. The van der Waals surface area contributed by atoms with E-state index in [0.29, 0.717) is 16.3 Å². The predicted molar refractivity (Wildman–Crippen MR) is 75.7 cm³/mol. The van der Waals surface area contributed by atoms with Gasteiger partial charge in [-0.1, -0.05) is 37.8 Å². The van der Waals surface area contributed by atoms with Crippen molar-refractivity contribution in [1.29, 1.82) is 0 Å². The van der Waals surface area contributed by atoms with Crippen LogP contribution in [-0.2, 0) is 0 Å². The highest BCUT2D eigenvalue weighted by atomic mass is 35.5. The van der Waals surface area contributed by atoms with E-state index in [0.717, 1.165) is 19.1 Å². The zero-order valence-electron chi connectivity index (χ0n) is 11.1. The molecule has 0 aliphatic rings. The van der Waals surface area contributed by atoms with Crippen molar-refractivity contribution >= 4 is 17.9 Å². The van der Waals surface area contributed by atoms with Gasteiger partial charge in [-0.05, 0) is 38.0 Å². The van der Waals surface area contributed by atoms with Crippen LogP contribution in [0.2, 0.25) is 5.02 Å². The van der Waals surface area contributed by atoms with E-state index in [4.69, 9.17) is 16.3 Å². The normalized spacial score (nSPS) is 12.2. The largest absolute Gasteiger partial charge is 0.490 e. The molecule has 0 saturated carbocycles.